The van der Waals surface area contributed by atoms with Crippen LogP contribution in [0.3, 0.4) is 0 Å². The first-order valence-corrected chi connectivity index (χ1v) is 6.10. The van der Waals surface area contributed by atoms with Gasteiger partial charge in [-0.05, 0) is 32.0 Å². The van der Waals surface area contributed by atoms with Gasteiger partial charge in [0.1, 0.15) is 0 Å². The predicted octanol–water partition coefficient (Wildman–Crippen LogP) is 2.29. The number of amides is 1. The minimum absolute atomic E-state index is 0.110. The summed E-state index contributed by atoms with van der Waals surface area (Å²) in [4.78, 5) is 11.7. The number of carbonyl (C=O) groups excluding carboxylic acids is 1. The number of ether oxygens (including phenoxy) is 1. The lowest BCUT2D eigenvalue weighted by Crippen LogP contribution is -2.46. The van der Waals surface area contributed by atoms with Gasteiger partial charge in [0.05, 0.1) is 13.2 Å². The molecule has 4 nitrogen and oxygen atoms in total. The number of rotatable bonds is 6. The Morgan fingerprint density at radius 1 is 1.44 bits per heavy atom. The Hall–Kier alpha value is -1.10. The lowest BCUT2D eigenvalue weighted by atomic mass is 10.1. The molecule has 0 aliphatic rings. The molecular formula is C13H19ClN2O2. The molecule has 0 radical (unpaired) electrons. The monoisotopic (exact) mass is 270 g/mol. The zero-order valence-corrected chi connectivity index (χ0v) is 11.7. The Bertz CT molecular complexity index is 408. The van der Waals surface area contributed by atoms with E-state index < -0.39 is 0 Å². The first kappa shape index (κ1) is 15.0. The predicted molar refractivity (Wildman–Crippen MR) is 74.0 cm³/mol. The second-order valence-corrected chi connectivity index (χ2v) is 5.17. The lowest BCUT2D eigenvalue weighted by Gasteiger charge is -2.24. The smallest absolute Gasteiger partial charge is 0.238 e. The molecule has 0 saturated heterocycles. The second kappa shape index (κ2) is 6.73. The van der Waals surface area contributed by atoms with E-state index in [4.69, 9.17) is 16.3 Å². The average molecular weight is 271 g/mol. The van der Waals surface area contributed by atoms with Crippen molar-refractivity contribution in [1.29, 1.82) is 0 Å². The first-order valence-electron chi connectivity index (χ1n) is 5.72. The van der Waals surface area contributed by atoms with Crippen molar-refractivity contribution in [2.75, 3.05) is 25.6 Å². The quantitative estimate of drug-likeness (QED) is 0.834. The summed E-state index contributed by atoms with van der Waals surface area (Å²) in [7, 11) is 1.63. The number of nitrogens with one attached hydrogen (secondary N) is 2. The molecule has 0 aliphatic carbocycles. The topological polar surface area (TPSA) is 50.4 Å². The van der Waals surface area contributed by atoms with Crippen LogP contribution in [0.5, 0.6) is 0 Å². The summed E-state index contributed by atoms with van der Waals surface area (Å²) in [5.41, 5.74) is 0.458. The summed E-state index contributed by atoms with van der Waals surface area (Å²) in [5, 5.41) is 6.49. The molecule has 1 amide bonds. The Labute approximate surface area is 113 Å². The molecule has 1 rings (SSSR count). The van der Waals surface area contributed by atoms with Crippen LogP contribution in [0.15, 0.2) is 24.3 Å². The van der Waals surface area contributed by atoms with Crippen molar-refractivity contribution in [1.82, 2.24) is 5.32 Å². The fourth-order valence-corrected chi connectivity index (χ4v) is 1.69. The van der Waals surface area contributed by atoms with Crippen LogP contribution in [-0.2, 0) is 9.53 Å². The molecule has 0 heterocycles. The molecule has 0 unspecified atom stereocenters. The van der Waals surface area contributed by atoms with E-state index in [0.29, 0.717) is 17.3 Å². The summed E-state index contributed by atoms with van der Waals surface area (Å²) < 4.78 is 5.06. The molecule has 100 valence electrons. The summed E-state index contributed by atoms with van der Waals surface area (Å²) in [6.45, 7) is 4.71. The summed E-state index contributed by atoms with van der Waals surface area (Å²) in [6, 6.07) is 7.06. The SMILES string of the molecule is COCC(C)(C)NCC(=O)Nc1cccc(Cl)c1. The van der Waals surface area contributed by atoms with Gasteiger partial charge < -0.3 is 15.4 Å². The number of anilines is 1. The van der Waals surface area contributed by atoms with Gasteiger partial charge in [0, 0.05) is 23.4 Å². The second-order valence-electron chi connectivity index (χ2n) is 4.73. The van der Waals surface area contributed by atoms with Crippen LogP contribution in [0.1, 0.15) is 13.8 Å². The van der Waals surface area contributed by atoms with E-state index in [1.54, 1.807) is 31.4 Å². The Morgan fingerprint density at radius 2 is 2.17 bits per heavy atom. The molecule has 0 bridgehead atoms. The Kier molecular flexibility index (Phi) is 5.59. The number of benzene rings is 1. The summed E-state index contributed by atoms with van der Waals surface area (Å²) in [6.07, 6.45) is 0. The van der Waals surface area contributed by atoms with Crippen molar-refractivity contribution in [2.45, 2.75) is 19.4 Å². The van der Waals surface area contributed by atoms with Crippen molar-refractivity contribution < 1.29 is 9.53 Å². The van der Waals surface area contributed by atoms with Crippen molar-refractivity contribution in [3.05, 3.63) is 29.3 Å². The third-order valence-electron chi connectivity index (χ3n) is 2.34. The zero-order chi connectivity index (χ0) is 13.6. The molecule has 0 atom stereocenters. The molecular weight excluding hydrogens is 252 g/mol. The molecule has 0 aromatic heterocycles. The van der Waals surface area contributed by atoms with Gasteiger partial charge in [-0.25, -0.2) is 0 Å². The normalized spacial score (nSPS) is 11.3. The van der Waals surface area contributed by atoms with Crippen molar-refractivity contribution in [3.63, 3.8) is 0 Å². The van der Waals surface area contributed by atoms with Crippen LogP contribution in [0.2, 0.25) is 5.02 Å². The molecule has 1 aromatic carbocycles. The Morgan fingerprint density at radius 3 is 2.78 bits per heavy atom. The van der Waals surface area contributed by atoms with Gasteiger partial charge in [-0.2, -0.15) is 0 Å². The number of halogens is 1. The number of hydrogen-bond donors (Lipinski definition) is 2. The summed E-state index contributed by atoms with van der Waals surface area (Å²) >= 11 is 5.84. The molecule has 0 aliphatic heterocycles. The van der Waals surface area contributed by atoms with Crippen molar-refractivity contribution in [2.24, 2.45) is 0 Å². The third-order valence-corrected chi connectivity index (χ3v) is 2.58. The lowest BCUT2D eigenvalue weighted by molar-refractivity contribution is -0.115. The molecule has 0 fully saturated rings. The van der Waals surface area contributed by atoms with Gasteiger partial charge in [0.25, 0.3) is 0 Å². The van der Waals surface area contributed by atoms with Gasteiger partial charge >= 0.3 is 0 Å². The minimum Gasteiger partial charge on any atom is -0.383 e. The largest absolute Gasteiger partial charge is 0.383 e. The van der Waals surface area contributed by atoms with E-state index in [2.05, 4.69) is 10.6 Å². The van der Waals surface area contributed by atoms with Crippen LogP contribution < -0.4 is 10.6 Å². The summed E-state index contributed by atoms with van der Waals surface area (Å²) in [5.74, 6) is -0.110. The molecule has 0 spiro atoms. The van der Waals surface area contributed by atoms with E-state index in [1.807, 2.05) is 13.8 Å². The van der Waals surface area contributed by atoms with Crippen LogP contribution >= 0.6 is 11.6 Å². The highest BCUT2D eigenvalue weighted by molar-refractivity contribution is 6.30. The molecule has 1 aromatic rings. The van der Waals surface area contributed by atoms with E-state index in [1.165, 1.54) is 0 Å². The number of hydrogen-bond acceptors (Lipinski definition) is 3. The van der Waals surface area contributed by atoms with Gasteiger partial charge in [0.15, 0.2) is 0 Å². The van der Waals surface area contributed by atoms with E-state index >= 15 is 0 Å². The highest BCUT2D eigenvalue weighted by Crippen LogP contribution is 2.14. The van der Waals surface area contributed by atoms with Crippen LogP contribution in [0.4, 0.5) is 5.69 Å². The fraction of sp³-hybridized carbons (Fsp3) is 0.462. The standard InChI is InChI=1S/C13H19ClN2O2/c1-13(2,9-18-3)15-8-12(17)16-11-6-4-5-10(14)7-11/h4-7,15H,8-9H2,1-3H3,(H,16,17). The number of methoxy groups -OCH3 is 1. The first-order chi connectivity index (χ1) is 8.43. The maximum Gasteiger partial charge on any atom is 0.238 e. The number of carbonyl (C=O) groups is 1. The molecule has 18 heavy (non-hydrogen) atoms. The molecule has 0 saturated carbocycles. The highest BCUT2D eigenvalue weighted by Gasteiger charge is 2.17. The third kappa shape index (κ3) is 5.49. The fourth-order valence-electron chi connectivity index (χ4n) is 1.50. The van der Waals surface area contributed by atoms with Crippen molar-refractivity contribution >= 4 is 23.2 Å². The minimum atomic E-state index is -0.236. The van der Waals surface area contributed by atoms with E-state index in [-0.39, 0.29) is 18.0 Å². The highest BCUT2D eigenvalue weighted by atomic mass is 35.5. The Balaban J connectivity index is 2.43. The zero-order valence-electron chi connectivity index (χ0n) is 10.9. The van der Waals surface area contributed by atoms with E-state index in [9.17, 15) is 4.79 Å². The average Bonchev–Trinajstić information content (AvgIpc) is 2.26. The van der Waals surface area contributed by atoms with Crippen LogP contribution in [0.25, 0.3) is 0 Å². The maximum atomic E-state index is 11.7. The maximum absolute atomic E-state index is 11.7. The van der Waals surface area contributed by atoms with Gasteiger partial charge in [-0.3, -0.25) is 4.79 Å². The van der Waals surface area contributed by atoms with Crippen LogP contribution in [0, 0.1) is 0 Å². The van der Waals surface area contributed by atoms with Gasteiger partial charge in [-0.15, -0.1) is 0 Å². The molecule has 2 N–H and O–H groups in total. The van der Waals surface area contributed by atoms with Crippen molar-refractivity contribution in [3.8, 4) is 0 Å². The van der Waals surface area contributed by atoms with Gasteiger partial charge in [-0.1, -0.05) is 17.7 Å². The molecule has 5 heteroatoms. The van der Waals surface area contributed by atoms with E-state index in [0.717, 1.165) is 0 Å². The van der Waals surface area contributed by atoms with Crippen LogP contribution in [-0.4, -0.2) is 31.7 Å². The van der Waals surface area contributed by atoms with Gasteiger partial charge in [0.2, 0.25) is 5.91 Å².